The number of benzene rings is 1. The van der Waals surface area contributed by atoms with E-state index in [-0.39, 0.29) is 11.5 Å². The van der Waals surface area contributed by atoms with Crippen LogP contribution in [0.3, 0.4) is 0 Å². The number of ether oxygens (including phenoxy) is 1. The number of rotatable bonds is 7. The Balaban J connectivity index is 1.59. The minimum atomic E-state index is -0.436. The third-order valence-corrected chi connectivity index (χ3v) is 5.19. The van der Waals surface area contributed by atoms with Gasteiger partial charge in [0.1, 0.15) is 0 Å². The van der Waals surface area contributed by atoms with Crippen LogP contribution in [0.2, 0.25) is 0 Å². The standard InChI is InChI=1S/C21H27N3O3/c1-27-16-21(9-11-22-12-10-21)20(26)23-14-17-5-7-18(8-6-17)15-24-13-3-2-4-19(24)25/h2-8,13,22H,9-12,14-16H2,1H3,(H,23,26). The molecule has 2 aromatic rings. The molecule has 1 amide bonds. The number of carbonyl (C=O) groups is 1. The van der Waals surface area contributed by atoms with Crippen molar-refractivity contribution in [3.63, 3.8) is 0 Å². The second-order valence-corrected chi connectivity index (χ2v) is 7.13. The van der Waals surface area contributed by atoms with Crippen LogP contribution < -0.4 is 16.2 Å². The van der Waals surface area contributed by atoms with Gasteiger partial charge in [-0.1, -0.05) is 30.3 Å². The van der Waals surface area contributed by atoms with E-state index in [9.17, 15) is 9.59 Å². The Morgan fingerprint density at radius 2 is 1.85 bits per heavy atom. The third-order valence-electron chi connectivity index (χ3n) is 5.19. The predicted molar refractivity (Wildman–Crippen MR) is 105 cm³/mol. The minimum Gasteiger partial charge on any atom is -0.384 e. The molecular weight excluding hydrogens is 342 g/mol. The van der Waals surface area contributed by atoms with Crippen molar-refractivity contribution < 1.29 is 9.53 Å². The van der Waals surface area contributed by atoms with Gasteiger partial charge in [0.25, 0.3) is 5.56 Å². The summed E-state index contributed by atoms with van der Waals surface area (Å²) in [6, 6.07) is 13.1. The molecule has 2 heterocycles. The zero-order valence-corrected chi connectivity index (χ0v) is 15.7. The Bertz CT molecular complexity index is 802. The molecule has 1 aromatic heterocycles. The number of nitrogens with one attached hydrogen (secondary N) is 2. The van der Waals surface area contributed by atoms with E-state index in [0.29, 0.717) is 19.7 Å². The number of carbonyl (C=O) groups excluding carboxylic acids is 1. The zero-order chi connectivity index (χ0) is 19.1. The average molecular weight is 369 g/mol. The third kappa shape index (κ3) is 4.84. The van der Waals surface area contributed by atoms with Crippen LogP contribution in [0.1, 0.15) is 24.0 Å². The number of hydrogen-bond donors (Lipinski definition) is 2. The van der Waals surface area contributed by atoms with Crippen molar-refractivity contribution in [2.24, 2.45) is 5.41 Å². The van der Waals surface area contributed by atoms with E-state index < -0.39 is 5.41 Å². The van der Waals surface area contributed by atoms with Crippen LogP contribution in [0.15, 0.2) is 53.5 Å². The van der Waals surface area contributed by atoms with E-state index >= 15 is 0 Å². The van der Waals surface area contributed by atoms with Crippen LogP contribution in [0.25, 0.3) is 0 Å². The highest BCUT2D eigenvalue weighted by Gasteiger charge is 2.39. The lowest BCUT2D eigenvalue weighted by Crippen LogP contribution is -2.49. The van der Waals surface area contributed by atoms with Crippen molar-refractivity contribution in [1.29, 1.82) is 0 Å². The lowest BCUT2D eigenvalue weighted by molar-refractivity contribution is -0.136. The molecule has 0 spiro atoms. The van der Waals surface area contributed by atoms with Gasteiger partial charge >= 0.3 is 0 Å². The van der Waals surface area contributed by atoms with Crippen molar-refractivity contribution in [3.8, 4) is 0 Å². The van der Waals surface area contributed by atoms with Gasteiger partial charge in [0.15, 0.2) is 0 Å². The number of amides is 1. The molecule has 0 unspecified atom stereocenters. The fourth-order valence-corrected chi connectivity index (χ4v) is 3.54. The highest BCUT2D eigenvalue weighted by atomic mass is 16.5. The van der Waals surface area contributed by atoms with Crippen molar-refractivity contribution in [2.45, 2.75) is 25.9 Å². The highest BCUT2D eigenvalue weighted by molar-refractivity contribution is 5.83. The molecule has 144 valence electrons. The quantitative estimate of drug-likeness (QED) is 0.776. The van der Waals surface area contributed by atoms with Gasteiger partial charge in [0, 0.05) is 25.9 Å². The van der Waals surface area contributed by atoms with E-state index in [2.05, 4.69) is 10.6 Å². The Labute approximate surface area is 159 Å². The van der Waals surface area contributed by atoms with E-state index in [1.807, 2.05) is 30.3 Å². The lowest BCUT2D eigenvalue weighted by Gasteiger charge is -2.35. The molecule has 3 rings (SSSR count). The fraction of sp³-hybridized carbons (Fsp3) is 0.429. The molecule has 0 bridgehead atoms. The van der Waals surface area contributed by atoms with Crippen LogP contribution in [-0.2, 0) is 22.6 Å². The number of nitrogens with zero attached hydrogens (tertiary/aromatic N) is 1. The molecule has 1 aliphatic heterocycles. The summed E-state index contributed by atoms with van der Waals surface area (Å²) in [5.41, 5.74) is 1.63. The van der Waals surface area contributed by atoms with Gasteiger partial charge in [0.2, 0.25) is 5.91 Å². The first-order valence-corrected chi connectivity index (χ1v) is 9.34. The zero-order valence-electron chi connectivity index (χ0n) is 15.7. The average Bonchev–Trinajstić information content (AvgIpc) is 2.70. The molecule has 6 nitrogen and oxygen atoms in total. The van der Waals surface area contributed by atoms with Gasteiger partial charge in [0.05, 0.1) is 18.6 Å². The molecule has 2 N–H and O–H groups in total. The summed E-state index contributed by atoms with van der Waals surface area (Å²) in [5, 5.41) is 6.37. The number of piperidine rings is 1. The SMILES string of the molecule is COCC1(C(=O)NCc2ccc(Cn3ccccc3=O)cc2)CCNCC1. The van der Waals surface area contributed by atoms with Crippen molar-refractivity contribution in [1.82, 2.24) is 15.2 Å². The van der Waals surface area contributed by atoms with Gasteiger partial charge in [-0.15, -0.1) is 0 Å². The van der Waals surface area contributed by atoms with Crippen LogP contribution >= 0.6 is 0 Å². The lowest BCUT2D eigenvalue weighted by atomic mass is 9.78. The fourth-order valence-electron chi connectivity index (χ4n) is 3.54. The second kappa shape index (κ2) is 8.97. The summed E-state index contributed by atoms with van der Waals surface area (Å²) in [5.74, 6) is 0.0609. The van der Waals surface area contributed by atoms with Crippen LogP contribution in [0, 0.1) is 5.41 Å². The number of methoxy groups -OCH3 is 1. The van der Waals surface area contributed by atoms with Crippen LogP contribution in [0.5, 0.6) is 0 Å². The molecule has 1 saturated heterocycles. The monoisotopic (exact) mass is 369 g/mol. The first-order chi connectivity index (χ1) is 13.1. The topological polar surface area (TPSA) is 72.4 Å². The molecule has 1 aliphatic rings. The first-order valence-electron chi connectivity index (χ1n) is 9.34. The molecule has 1 aromatic carbocycles. The molecule has 0 atom stereocenters. The van der Waals surface area contributed by atoms with E-state index in [0.717, 1.165) is 37.1 Å². The van der Waals surface area contributed by atoms with Crippen molar-refractivity contribution in [3.05, 3.63) is 70.1 Å². The van der Waals surface area contributed by atoms with E-state index in [1.54, 1.807) is 30.0 Å². The molecule has 6 heteroatoms. The summed E-state index contributed by atoms with van der Waals surface area (Å²) in [7, 11) is 1.65. The Morgan fingerprint density at radius 1 is 1.15 bits per heavy atom. The molecule has 0 saturated carbocycles. The Hall–Kier alpha value is -2.44. The van der Waals surface area contributed by atoms with Gasteiger partial charge in [-0.25, -0.2) is 0 Å². The maximum Gasteiger partial charge on any atom is 0.250 e. The van der Waals surface area contributed by atoms with E-state index in [1.165, 1.54) is 0 Å². The van der Waals surface area contributed by atoms with Gasteiger partial charge in [-0.2, -0.15) is 0 Å². The minimum absolute atomic E-state index is 0.0146. The molecule has 1 fully saturated rings. The molecule has 0 radical (unpaired) electrons. The number of hydrogen-bond acceptors (Lipinski definition) is 4. The van der Waals surface area contributed by atoms with Gasteiger partial charge < -0.3 is 19.9 Å². The normalized spacial score (nSPS) is 16.0. The molecule has 27 heavy (non-hydrogen) atoms. The maximum atomic E-state index is 12.8. The van der Waals surface area contributed by atoms with Crippen molar-refractivity contribution >= 4 is 5.91 Å². The molecule has 0 aliphatic carbocycles. The summed E-state index contributed by atoms with van der Waals surface area (Å²) in [4.78, 5) is 24.6. The number of pyridine rings is 1. The number of aromatic nitrogens is 1. The van der Waals surface area contributed by atoms with Crippen LogP contribution in [-0.4, -0.2) is 37.3 Å². The summed E-state index contributed by atoms with van der Waals surface area (Å²) in [6.07, 6.45) is 3.36. The Kier molecular flexibility index (Phi) is 6.42. The van der Waals surface area contributed by atoms with E-state index in [4.69, 9.17) is 4.74 Å². The largest absolute Gasteiger partial charge is 0.384 e. The predicted octanol–water partition coefficient (Wildman–Crippen LogP) is 1.53. The summed E-state index contributed by atoms with van der Waals surface area (Å²) in [6.45, 7) is 3.15. The smallest absolute Gasteiger partial charge is 0.250 e. The van der Waals surface area contributed by atoms with Crippen LogP contribution in [0.4, 0.5) is 0 Å². The molecular formula is C21H27N3O3. The highest BCUT2D eigenvalue weighted by Crippen LogP contribution is 2.29. The van der Waals surface area contributed by atoms with Gasteiger partial charge in [-0.3, -0.25) is 9.59 Å². The first kappa shape index (κ1) is 19.3. The van der Waals surface area contributed by atoms with Gasteiger partial charge in [-0.05, 0) is 43.1 Å². The van der Waals surface area contributed by atoms with Crippen molar-refractivity contribution in [2.75, 3.05) is 26.8 Å². The summed E-state index contributed by atoms with van der Waals surface area (Å²) >= 11 is 0. The second-order valence-electron chi connectivity index (χ2n) is 7.13. The summed E-state index contributed by atoms with van der Waals surface area (Å²) < 4.78 is 6.99. The Morgan fingerprint density at radius 3 is 2.52 bits per heavy atom. The maximum absolute atomic E-state index is 12.8.